The SMILES string of the molecule is CCNCc1ccc2c(c1)CN(CCOC)C2. The molecule has 3 heteroatoms. The molecule has 0 amide bonds. The summed E-state index contributed by atoms with van der Waals surface area (Å²) in [5, 5.41) is 3.37. The second-order valence-corrected chi connectivity index (χ2v) is 4.59. The molecule has 0 saturated carbocycles. The molecule has 2 rings (SSSR count). The van der Waals surface area contributed by atoms with Crippen molar-refractivity contribution in [3.63, 3.8) is 0 Å². The summed E-state index contributed by atoms with van der Waals surface area (Å²) >= 11 is 0. The lowest BCUT2D eigenvalue weighted by Gasteiger charge is -2.13. The molecule has 0 fully saturated rings. The first-order valence-electron chi connectivity index (χ1n) is 6.36. The normalized spacial score (nSPS) is 15.2. The highest BCUT2D eigenvalue weighted by Crippen LogP contribution is 2.23. The summed E-state index contributed by atoms with van der Waals surface area (Å²) in [6.45, 7) is 8.11. The molecule has 1 aliphatic heterocycles. The summed E-state index contributed by atoms with van der Waals surface area (Å²) in [7, 11) is 1.76. The number of nitrogens with zero attached hydrogens (tertiary/aromatic N) is 1. The zero-order valence-corrected chi connectivity index (χ0v) is 10.8. The van der Waals surface area contributed by atoms with Gasteiger partial charge >= 0.3 is 0 Å². The summed E-state index contributed by atoms with van der Waals surface area (Å²) < 4.78 is 5.13. The highest BCUT2D eigenvalue weighted by atomic mass is 16.5. The molecule has 1 aromatic rings. The average Bonchev–Trinajstić information content (AvgIpc) is 2.75. The van der Waals surface area contributed by atoms with Crippen molar-refractivity contribution in [2.45, 2.75) is 26.6 Å². The van der Waals surface area contributed by atoms with Crippen LogP contribution in [-0.4, -0.2) is 31.7 Å². The van der Waals surface area contributed by atoms with Crippen molar-refractivity contribution < 1.29 is 4.74 Å². The van der Waals surface area contributed by atoms with E-state index >= 15 is 0 Å². The van der Waals surface area contributed by atoms with Gasteiger partial charge in [-0.05, 0) is 23.2 Å². The van der Waals surface area contributed by atoms with E-state index in [0.29, 0.717) is 0 Å². The van der Waals surface area contributed by atoms with Gasteiger partial charge in [0.2, 0.25) is 0 Å². The minimum atomic E-state index is 0.818. The van der Waals surface area contributed by atoms with Gasteiger partial charge in [0.1, 0.15) is 0 Å². The predicted octanol–water partition coefficient (Wildman–Crippen LogP) is 1.76. The molecule has 3 nitrogen and oxygen atoms in total. The van der Waals surface area contributed by atoms with E-state index in [1.165, 1.54) is 16.7 Å². The maximum atomic E-state index is 5.13. The molecule has 1 aromatic carbocycles. The van der Waals surface area contributed by atoms with Gasteiger partial charge in [-0.2, -0.15) is 0 Å². The van der Waals surface area contributed by atoms with Crippen LogP contribution >= 0.6 is 0 Å². The van der Waals surface area contributed by atoms with E-state index < -0.39 is 0 Å². The van der Waals surface area contributed by atoms with Crippen molar-refractivity contribution in [2.75, 3.05) is 26.8 Å². The molecule has 0 atom stereocenters. The number of fused-ring (bicyclic) bond motifs is 1. The first-order chi connectivity index (χ1) is 8.33. The van der Waals surface area contributed by atoms with Gasteiger partial charge in [0.25, 0.3) is 0 Å². The summed E-state index contributed by atoms with van der Waals surface area (Å²) in [5.41, 5.74) is 4.34. The molecule has 94 valence electrons. The van der Waals surface area contributed by atoms with Crippen molar-refractivity contribution >= 4 is 0 Å². The fourth-order valence-corrected chi connectivity index (χ4v) is 2.28. The Balaban J connectivity index is 1.95. The van der Waals surface area contributed by atoms with Gasteiger partial charge in [-0.25, -0.2) is 0 Å². The van der Waals surface area contributed by atoms with Crippen LogP contribution in [0.3, 0.4) is 0 Å². The summed E-state index contributed by atoms with van der Waals surface area (Å²) in [6, 6.07) is 6.85. The zero-order valence-electron chi connectivity index (χ0n) is 10.8. The number of rotatable bonds is 6. The van der Waals surface area contributed by atoms with Gasteiger partial charge in [-0.1, -0.05) is 25.1 Å². The van der Waals surface area contributed by atoms with Crippen LogP contribution in [0.4, 0.5) is 0 Å². The van der Waals surface area contributed by atoms with Crippen molar-refractivity contribution in [1.29, 1.82) is 0 Å². The molecule has 0 aromatic heterocycles. The Morgan fingerprint density at radius 3 is 2.88 bits per heavy atom. The van der Waals surface area contributed by atoms with Gasteiger partial charge in [0.05, 0.1) is 6.61 Å². The second kappa shape index (κ2) is 6.15. The lowest BCUT2D eigenvalue weighted by Crippen LogP contribution is -2.21. The standard InChI is InChI=1S/C14H22N2O/c1-3-15-9-12-4-5-13-10-16(6-7-17-2)11-14(13)8-12/h4-5,8,15H,3,6-7,9-11H2,1-2H3. The molecule has 0 saturated heterocycles. The lowest BCUT2D eigenvalue weighted by molar-refractivity contribution is 0.147. The first-order valence-corrected chi connectivity index (χ1v) is 6.36. The monoisotopic (exact) mass is 234 g/mol. The van der Waals surface area contributed by atoms with E-state index in [1.807, 2.05) is 0 Å². The van der Waals surface area contributed by atoms with Gasteiger partial charge < -0.3 is 10.1 Å². The molecular formula is C14H22N2O. The van der Waals surface area contributed by atoms with Crippen LogP contribution in [0.25, 0.3) is 0 Å². The molecule has 1 aliphatic rings. The smallest absolute Gasteiger partial charge is 0.0589 e. The van der Waals surface area contributed by atoms with Crippen molar-refractivity contribution in [2.24, 2.45) is 0 Å². The third-order valence-electron chi connectivity index (χ3n) is 3.25. The average molecular weight is 234 g/mol. The molecule has 1 N–H and O–H groups in total. The first kappa shape index (κ1) is 12.6. The topological polar surface area (TPSA) is 24.5 Å². The number of hydrogen-bond acceptors (Lipinski definition) is 3. The van der Waals surface area contributed by atoms with E-state index in [-0.39, 0.29) is 0 Å². The molecule has 17 heavy (non-hydrogen) atoms. The number of methoxy groups -OCH3 is 1. The lowest BCUT2D eigenvalue weighted by atomic mass is 10.1. The van der Waals surface area contributed by atoms with Crippen LogP contribution in [0.15, 0.2) is 18.2 Å². The minimum Gasteiger partial charge on any atom is -0.383 e. The molecule has 0 spiro atoms. The van der Waals surface area contributed by atoms with Crippen molar-refractivity contribution in [1.82, 2.24) is 10.2 Å². The van der Waals surface area contributed by atoms with Gasteiger partial charge in [0, 0.05) is 33.3 Å². The molecular weight excluding hydrogens is 212 g/mol. The minimum absolute atomic E-state index is 0.818. The second-order valence-electron chi connectivity index (χ2n) is 4.59. The Morgan fingerprint density at radius 2 is 2.12 bits per heavy atom. The molecule has 0 radical (unpaired) electrons. The third-order valence-corrected chi connectivity index (χ3v) is 3.25. The summed E-state index contributed by atoms with van der Waals surface area (Å²) in [6.07, 6.45) is 0. The fraction of sp³-hybridized carbons (Fsp3) is 0.571. The Labute approximate surface area is 104 Å². The van der Waals surface area contributed by atoms with Gasteiger partial charge in [0.15, 0.2) is 0 Å². The Bertz CT molecular complexity index is 365. The van der Waals surface area contributed by atoms with Crippen LogP contribution in [0, 0.1) is 0 Å². The van der Waals surface area contributed by atoms with Crippen LogP contribution in [0.1, 0.15) is 23.6 Å². The van der Waals surface area contributed by atoms with Gasteiger partial charge in [-0.3, -0.25) is 4.90 Å². The molecule has 0 bridgehead atoms. The van der Waals surface area contributed by atoms with E-state index in [0.717, 1.165) is 39.3 Å². The number of nitrogens with one attached hydrogen (secondary N) is 1. The maximum absolute atomic E-state index is 5.13. The van der Waals surface area contributed by atoms with E-state index in [2.05, 4.69) is 35.3 Å². The molecule has 1 heterocycles. The van der Waals surface area contributed by atoms with E-state index in [1.54, 1.807) is 7.11 Å². The third kappa shape index (κ3) is 3.28. The molecule has 0 aliphatic carbocycles. The zero-order chi connectivity index (χ0) is 12.1. The summed E-state index contributed by atoms with van der Waals surface area (Å²) in [5.74, 6) is 0. The Hall–Kier alpha value is -0.900. The Kier molecular flexibility index (Phi) is 4.54. The van der Waals surface area contributed by atoms with Crippen molar-refractivity contribution in [3.05, 3.63) is 34.9 Å². The van der Waals surface area contributed by atoms with Crippen LogP contribution in [0.2, 0.25) is 0 Å². The fourth-order valence-electron chi connectivity index (χ4n) is 2.28. The maximum Gasteiger partial charge on any atom is 0.0589 e. The van der Waals surface area contributed by atoms with E-state index in [9.17, 15) is 0 Å². The van der Waals surface area contributed by atoms with Crippen LogP contribution < -0.4 is 5.32 Å². The van der Waals surface area contributed by atoms with Crippen molar-refractivity contribution in [3.8, 4) is 0 Å². The predicted molar refractivity (Wildman–Crippen MR) is 69.8 cm³/mol. The highest BCUT2D eigenvalue weighted by Gasteiger charge is 2.18. The number of benzene rings is 1. The highest BCUT2D eigenvalue weighted by molar-refractivity contribution is 5.34. The quantitative estimate of drug-likeness (QED) is 0.811. The van der Waals surface area contributed by atoms with Crippen LogP contribution in [-0.2, 0) is 24.4 Å². The van der Waals surface area contributed by atoms with E-state index in [4.69, 9.17) is 4.74 Å². The summed E-state index contributed by atoms with van der Waals surface area (Å²) in [4.78, 5) is 2.44. The number of ether oxygens (including phenoxy) is 1. The van der Waals surface area contributed by atoms with Gasteiger partial charge in [-0.15, -0.1) is 0 Å². The Morgan fingerprint density at radius 1 is 1.29 bits per heavy atom. The number of hydrogen-bond donors (Lipinski definition) is 1. The molecule has 0 unspecified atom stereocenters. The van der Waals surface area contributed by atoms with Crippen LogP contribution in [0.5, 0.6) is 0 Å². The largest absolute Gasteiger partial charge is 0.383 e.